The van der Waals surface area contributed by atoms with Gasteiger partial charge in [-0.25, -0.2) is 0 Å². The molecule has 0 radical (unpaired) electrons. The minimum atomic E-state index is 0.714. The van der Waals surface area contributed by atoms with Crippen molar-refractivity contribution in [1.29, 1.82) is 0 Å². The molecule has 1 atom stereocenters. The summed E-state index contributed by atoms with van der Waals surface area (Å²) in [7, 11) is 0. The van der Waals surface area contributed by atoms with Crippen LogP contribution in [0.5, 0.6) is 0 Å². The summed E-state index contributed by atoms with van der Waals surface area (Å²) < 4.78 is 0. The maximum atomic E-state index is 4.31. The van der Waals surface area contributed by atoms with Gasteiger partial charge in [-0.1, -0.05) is 54.6 Å². The number of hydrogen-bond acceptors (Lipinski definition) is 3. The molecule has 0 bridgehead atoms. The van der Waals surface area contributed by atoms with Crippen molar-refractivity contribution in [2.45, 2.75) is 31.8 Å². The summed E-state index contributed by atoms with van der Waals surface area (Å²) in [6.07, 6.45) is 5.75. The van der Waals surface area contributed by atoms with E-state index in [0.29, 0.717) is 6.04 Å². The van der Waals surface area contributed by atoms with E-state index in [1.807, 2.05) is 6.20 Å². The zero-order valence-electron chi connectivity index (χ0n) is 16.3. The molecule has 2 aliphatic rings. The second-order valence-electron chi connectivity index (χ2n) is 8.11. The molecule has 0 spiro atoms. The van der Waals surface area contributed by atoms with Crippen LogP contribution in [0.1, 0.15) is 23.1 Å². The van der Waals surface area contributed by atoms with Gasteiger partial charge in [0, 0.05) is 44.3 Å². The summed E-state index contributed by atoms with van der Waals surface area (Å²) >= 11 is 0. The number of rotatable bonds is 4. The van der Waals surface area contributed by atoms with Crippen molar-refractivity contribution < 1.29 is 0 Å². The highest BCUT2D eigenvalue weighted by molar-refractivity contribution is 5.62. The normalized spacial score (nSPS) is 20.8. The Bertz CT molecular complexity index is 909. The second-order valence-corrected chi connectivity index (χ2v) is 8.11. The standard InChI is InChI=1S/C24H28N4/c1-2-7-20(8-3-1)24-22(17-25-26-24)18-27-12-14-28(15-13-27)23-11-10-19-6-4-5-9-21(19)16-23/h1-9,17,23H,10-16,18H2,(H,25,26)/t23-/m1/s1. The van der Waals surface area contributed by atoms with Gasteiger partial charge in [-0.05, 0) is 36.0 Å². The Morgan fingerprint density at radius 1 is 0.893 bits per heavy atom. The first-order valence-electron chi connectivity index (χ1n) is 10.5. The topological polar surface area (TPSA) is 35.2 Å². The number of benzene rings is 2. The molecule has 1 aliphatic heterocycles. The number of H-pyrrole nitrogens is 1. The first-order chi connectivity index (χ1) is 13.9. The number of fused-ring (bicyclic) bond motifs is 1. The lowest BCUT2D eigenvalue weighted by Gasteiger charge is -2.41. The third kappa shape index (κ3) is 3.62. The van der Waals surface area contributed by atoms with Crippen LogP contribution in [0.3, 0.4) is 0 Å². The van der Waals surface area contributed by atoms with Gasteiger partial charge in [0.2, 0.25) is 0 Å². The number of hydrogen-bond donors (Lipinski definition) is 1. The molecule has 0 amide bonds. The molecule has 1 aromatic heterocycles. The van der Waals surface area contributed by atoms with Gasteiger partial charge in [-0.3, -0.25) is 14.9 Å². The fourth-order valence-corrected chi connectivity index (χ4v) is 4.80. The molecular weight excluding hydrogens is 344 g/mol. The monoisotopic (exact) mass is 372 g/mol. The first-order valence-corrected chi connectivity index (χ1v) is 10.5. The van der Waals surface area contributed by atoms with E-state index in [-0.39, 0.29) is 0 Å². The third-order valence-corrected chi connectivity index (χ3v) is 6.42. The van der Waals surface area contributed by atoms with Gasteiger partial charge in [-0.2, -0.15) is 5.10 Å². The Morgan fingerprint density at radius 3 is 2.46 bits per heavy atom. The average molecular weight is 373 g/mol. The van der Waals surface area contributed by atoms with E-state index in [0.717, 1.165) is 25.3 Å². The second kappa shape index (κ2) is 7.90. The summed E-state index contributed by atoms with van der Waals surface area (Å²) in [6, 6.07) is 20.2. The lowest BCUT2D eigenvalue weighted by Crippen LogP contribution is -2.51. The van der Waals surface area contributed by atoms with Gasteiger partial charge in [0.05, 0.1) is 11.9 Å². The van der Waals surface area contributed by atoms with Gasteiger partial charge < -0.3 is 0 Å². The van der Waals surface area contributed by atoms with Crippen LogP contribution in [0.25, 0.3) is 11.3 Å². The van der Waals surface area contributed by atoms with E-state index < -0.39 is 0 Å². The molecule has 2 aromatic carbocycles. The fraction of sp³-hybridized carbons (Fsp3) is 0.375. The summed E-state index contributed by atoms with van der Waals surface area (Å²) in [6.45, 7) is 5.59. The summed E-state index contributed by atoms with van der Waals surface area (Å²) in [4.78, 5) is 5.30. The molecule has 4 nitrogen and oxygen atoms in total. The molecule has 1 saturated heterocycles. The van der Waals surface area contributed by atoms with Crippen molar-refractivity contribution in [2.24, 2.45) is 0 Å². The zero-order chi connectivity index (χ0) is 18.8. The van der Waals surface area contributed by atoms with Crippen LogP contribution in [0, 0.1) is 0 Å². The van der Waals surface area contributed by atoms with Crippen LogP contribution < -0.4 is 0 Å². The quantitative estimate of drug-likeness (QED) is 0.757. The molecular formula is C24H28N4. The molecule has 1 aliphatic carbocycles. The number of piperazine rings is 1. The molecule has 1 N–H and O–H groups in total. The Kier molecular flexibility index (Phi) is 4.98. The highest BCUT2D eigenvalue weighted by atomic mass is 15.3. The van der Waals surface area contributed by atoms with Crippen molar-refractivity contribution >= 4 is 0 Å². The molecule has 144 valence electrons. The molecule has 5 rings (SSSR count). The maximum Gasteiger partial charge on any atom is 0.0695 e. The molecule has 28 heavy (non-hydrogen) atoms. The van der Waals surface area contributed by atoms with Gasteiger partial charge in [0.1, 0.15) is 0 Å². The van der Waals surface area contributed by atoms with Crippen LogP contribution in [-0.4, -0.2) is 52.2 Å². The average Bonchev–Trinajstić information content (AvgIpc) is 3.23. The largest absolute Gasteiger partial charge is 0.298 e. The first kappa shape index (κ1) is 17.7. The van der Waals surface area contributed by atoms with Crippen molar-refractivity contribution in [2.75, 3.05) is 26.2 Å². The van der Waals surface area contributed by atoms with E-state index in [2.05, 4.69) is 74.6 Å². The highest BCUT2D eigenvalue weighted by Crippen LogP contribution is 2.26. The predicted molar refractivity (Wildman–Crippen MR) is 113 cm³/mol. The Labute approximate surface area is 167 Å². The minimum Gasteiger partial charge on any atom is -0.298 e. The van der Waals surface area contributed by atoms with Crippen molar-refractivity contribution in [1.82, 2.24) is 20.0 Å². The number of aryl methyl sites for hydroxylation is 1. The molecule has 1 fully saturated rings. The molecule has 0 unspecified atom stereocenters. The molecule has 0 saturated carbocycles. The van der Waals surface area contributed by atoms with E-state index in [1.54, 1.807) is 11.1 Å². The Morgan fingerprint density at radius 2 is 1.64 bits per heavy atom. The van der Waals surface area contributed by atoms with E-state index >= 15 is 0 Å². The van der Waals surface area contributed by atoms with Gasteiger partial charge in [0.15, 0.2) is 0 Å². The summed E-state index contributed by atoms with van der Waals surface area (Å²) in [5.41, 5.74) is 6.80. The van der Waals surface area contributed by atoms with Crippen molar-refractivity contribution in [3.05, 3.63) is 77.5 Å². The molecule has 4 heteroatoms. The number of aromatic amines is 1. The van der Waals surface area contributed by atoms with Gasteiger partial charge >= 0.3 is 0 Å². The maximum absolute atomic E-state index is 4.31. The van der Waals surface area contributed by atoms with Gasteiger partial charge in [0.25, 0.3) is 0 Å². The van der Waals surface area contributed by atoms with Gasteiger partial charge in [-0.15, -0.1) is 0 Å². The van der Waals surface area contributed by atoms with Crippen molar-refractivity contribution in [3.8, 4) is 11.3 Å². The molecule has 3 aromatic rings. The Hall–Kier alpha value is -2.43. The number of nitrogens with one attached hydrogen (secondary N) is 1. The zero-order valence-corrected chi connectivity index (χ0v) is 16.3. The minimum absolute atomic E-state index is 0.714. The smallest absolute Gasteiger partial charge is 0.0695 e. The van der Waals surface area contributed by atoms with E-state index in [1.165, 1.54) is 43.5 Å². The molecule has 2 heterocycles. The third-order valence-electron chi connectivity index (χ3n) is 6.42. The predicted octanol–water partition coefficient (Wildman–Crippen LogP) is 3.75. The summed E-state index contributed by atoms with van der Waals surface area (Å²) in [5.74, 6) is 0. The lowest BCUT2D eigenvalue weighted by molar-refractivity contribution is 0.0857. The SMILES string of the molecule is c1ccc(-c2[nH]ncc2CN2CCN([C@@H]3CCc4ccccc4C3)CC2)cc1. The Balaban J connectivity index is 1.19. The highest BCUT2D eigenvalue weighted by Gasteiger charge is 2.27. The van der Waals surface area contributed by atoms with Crippen LogP contribution >= 0.6 is 0 Å². The van der Waals surface area contributed by atoms with E-state index in [9.17, 15) is 0 Å². The lowest BCUT2D eigenvalue weighted by atomic mass is 9.87. The number of nitrogens with zero attached hydrogens (tertiary/aromatic N) is 3. The van der Waals surface area contributed by atoms with Crippen LogP contribution in [0.15, 0.2) is 60.8 Å². The fourth-order valence-electron chi connectivity index (χ4n) is 4.80. The van der Waals surface area contributed by atoms with Crippen LogP contribution in [0.2, 0.25) is 0 Å². The summed E-state index contributed by atoms with van der Waals surface area (Å²) in [5, 5.41) is 7.51. The van der Waals surface area contributed by atoms with Crippen LogP contribution in [0.4, 0.5) is 0 Å². The van der Waals surface area contributed by atoms with Crippen LogP contribution in [-0.2, 0) is 19.4 Å². The van der Waals surface area contributed by atoms with E-state index in [4.69, 9.17) is 0 Å². The number of aromatic nitrogens is 2. The van der Waals surface area contributed by atoms with Crippen molar-refractivity contribution in [3.63, 3.8) is 0 Å².